The lowest BCUT2D eigenvalue weighted by Gasteiger charge is -2.34. The van der Waals surface area contributed by atoms with Gasteiger partial charge in [0.2, 0.25) is 0 Å². The summed E-state index contributed by atoms with van der Waals surface area (Å²) in [5, 5.41) is 17.8. The van der Waals surface area contributed by atoms with Crippen LogP contribution in [0.2, 0.25) is 0 Å². The summed E-state index contributed by atoms with van der Waals surface area (Å²) in [7, 11) is 0. The molecule has 1 fully saturated rings. The zero-order valence-electron chi connectivity index (χ0n) is 7.62. The van der Waals surface area contributed by atoms with E-state index in [9.17, 15) is 9.59 Å². The second kappa shape index (κ2) is 4.81. The molecule has 0 spiro atoms. The molecule has 4 nitrogen and oxygen atoms in total. The fraction of sp³-hybridized carbons (Fsp3) is 0.778. The lowest BCUT2D eigenvalue weighted by Crippen LogP contribution is -2.42. The first-order valence-corrected chi connectivity index (χ1v) is 4.44. The van der Waals surface area contributed by atoms with E-state index in [4.69, 9.17) is 10.2 Å². The average Bonchev–Trinajstić information content (AvgIpc) is 2.04. The van der Waals surface area contributed by atoms with Gasteiger partial charge in [-0.1, -0.05) is 12.8 Å². The van der Waals surface area contributed by atoms with E-state index in [2.05, 4.69) is 0 Å². The van der Waals surface area contributed by atoms with Crippen LogP contribution in [-0.2, 0) is 9.59 Å². The highest BCUT2D eigenvalue weighted by Crippen LogP contribution is 2.41. The van der Waals surface area contributed by atoms with Crippen molar-refractivity contribution in [1.82, 2.24) is 0 Å². The molecule has 1 saturated carbocycles. The smallest absolute Gasteiger partial charge is 0.310 e. The van der Waals surface area contributed by atoms with Gasteiger partial charge in [0.15, 0.2) is 17.4 Å². The van der Waals surface area contributed by atoms with Crippen LogP contribution in [0.1, 0.15) is 32.6 Å². The first kappa shape index (κ1) is 13.5. The van der Waals surface area contributed by atoms with Gasteiger partial charge in [-0.25, -0.2) is 0 Å². The molecule has 0 saturated heterocycles. The Balaban J connectivity index is 0.00000169. The summed E-state index contributed by atoms with van der Waals surface area (Å²) in [4.78, 5) is 21.7. The Hall–Kier alpha value is -0.528. The minimum atomic E-state index is -1.07. The SMILES string of the molecule is CC1(C(=O)O)CCCCC1C(=O)O.[AlH3]. The van der Waals surface area contributed by atoms with Gasteiger partial charge >= 0.3 is 11.9 Å². The summed E-state index contributed by atoms with van der Waals surface area (Å²) in [6.07, 6.45) is 2.59. The molecule has 0 aromatic carbocycles. The van der Waals surface area contributed by atoms with Crippen molar-refractivity contribution >= 4 is 29.3 Å². The number of hydrogen-bond acceptors (Lipinski definition) is 2. The molecule has 0 aliphatic heterocycles. The van der Waals surface area contributed by atoms with Crippen LogP contribution in [-0.4, -0.2) is 39.5 Å². The molecule has 2 N–H and O–H groups in total. The van der Waals surface area contributed by atoms with Gasteiger partial charge in [-0.05, 0) is 19.8 Å². The largest absolute Gasteiger partial charge is 0.481 e. The van der Waals surface area contributed by atoms with Crippen LogP contribution < -0.4 is 0 Å². The quantitative estimate of drug-likeness (QED) is 0.645. The highest BCUT2D eigenvalue weighted by molar-refractivity contribution is 5.83. The van der Waals surface area contributed by atoms with E-state index in [1.807, 2.05) is 0 Å². The second-order valence-corrected chi connectivity index (χ2v) is 3.86. The summed E-state index contributed by atoms with van der Waals surface area (Å²) in [5.74, 6) is -2.69. The highest BCUT2D eigenvalue weighted by atomic mass is 27.0. The molecule has 14 heavy (non-hydrogen) atoms. The van der Waals surface area contributed by atoms with Crippen LogP contribution in [0, 0.1) is 11.3 Å². The van der Waals surface area contributed by atoms with E-state index in [1.165, 1.54) is 6.92 Å². The van der Waals surface area contributed by atoms with Crippen LogP contribution in [0.3, 0.4) is 0 Å². The molecule has 0 radical (unpaired) electrons. The zero-order chi connectivity index (χ0) is 10.1. The van der Waals surface area contributed by atoms with Gasteiger partial charge in [-0.3, -0.25) is 9.59 Å². The third-order valence-corrected chi connectivity index (χ3v) is 2.99. The third-order valence-electron chi connectivity index (χ3n) is 2.99. The van der Waals surface area contributed by atoms with Crippen LogP contribution in [0.4, 0.5) is 0 Å². The van der Waals surface area contributed by atoms with Crippen LogP contribution in [0.25, 0.3) is 0 Å². The minimum absolute atomic E-state index is 0. The summed E-state index contributed by atoms with van der Waals surface area (Å²) < 4.78 is 0. The Morgan fingerprint density at radius 2 is 1.86 bits per heavy atom. The third kappa shape index (κ3) is 2.28. The number of carbonyl (C=O) groups is 2. The normalized spacial score (nSPS) is 31.6. The van der Waals surface area contributed by atoms with Crippen molar-refractivity contribution in [2.45, 2.75) is 32.6 Å². The molecular weight excluding hydrogens is 199 g/mol. The Morgan fingerprint density at radius 3 is 2.21 bits per heavy atom. The fourth-order valence-corrected chi connectivity index (χ4v) is 1.99. The average molecular weight is 216 g/mol. The predicted octanol–water partition coefficient (Wildman–Crippen LogP) is 0.168. The molecule has 1 aliphatic rings. The molecule has 2 unspecified atom stereocenters. The molecule has 80 valence electrons. The molecular formula is C9H17AlO4. The highest BCUT2D eigenvalue weighted by Gasteiger charge is 2.46. The van der Waals surface area contributed by atoms with Crippen molar-refractivity contribution in [3.8, 4) is 0 Å². The van der Waals surface area contributed by atoms with Gasteiger partial charge in [0, 0.05) is 0 Å². The van der Waals surface area contributed by atoms with Crippen LogP contribution >= 0.6 is 0 Å². The molecule has 1 aliphatic carbocycles. The van der Waals surface area contributed by atoms with Crippen LogP contribution in [0.15, 0.2) is 0 Å². The van der Waals surface area contributed by atoms with Crippen molar-refractivity contribution in [2.24, 2.45) is 11.3 Å². The van der Waals surface area contributed by atoms with Gasteiger partial charge in [0.1, 0.15) is 0 Å². The Morgan fingerprint density at radius 1 is 1.29 bits per heavy atom. The van der Waals surface area contributed by atoms with Gasteiger partial charge in [0.25, 0.3) is 0 Å². The fourth-order valence-electron chi connectivity index (χ4n) is 1.99. The lowest BCUT2D eigenvalue weighted by molar-refractivity contribution is -0.164. The number of aliphatic carboxylic acids is 2. The van der Waals surface area contributed by atoms with Crippen molar-refractivity contribution in [3.05, 3.63) is 0 Å². The Labute approximate surface area is 93.4 Å². The number of carboxylic acids is 2. The Kier molecular flexibility index (Phi) is 4.63. The maximum Gasteiger partial charge on any atom is 0.310 e. The number of carboxylic acid groups (broad SMARTS) is 2. The topological polar surface area (TPSA) is 74.6 Å². The maximum absolute atomic E-state index is 10.9. The predicted molar refractivity (Wildman–Crippen MR) is 55.3 cm³/mol. The molecule has 0 amide bonds. The summed E-state index contributed by atoms with van der Waals surface area (Å²) in [6, 6.07) is 0. The van der Waals surface area contributed by atoms with Crippen LogP contribution in [0.5, 0.6) is 0 Å². The van der Waals surface area contributed by atoms with Gasteiger partial charge in [-0.2, -0.15) is 0 Å². The van der Waals surface area contributed by atoms with E-state index in [0.29, 0.717) is 12.8 Å². The van der Waals surface area contributed by atoms with Crippen molar-refractivity contribution in [2.75, 3.05) is 0 Å². The number of rotatable bonds is 2. The number of hydrogen-bond donors (Lipinski definition) is 2. The van der Waals surface area contributed by atoms with E-state index in [-0.39, 0.29) is 17.4 Å². The van der Waals surface area contributed by atoms with Gasteiger partial charge < -0.3 is 10.2 Å². The second-order valence-electron chi connectivity index (χ2n) is 3.86. The van der Waals surface area contributed by atoms with E-state index in [0.717, 1.165) is 12.8 Å². The molecule has 0 aromatic heterocycles. The molecule has 0 bridgehead atoms. The standard InChI is InChI=1S/C9H14O4.Al.3H/c1-9(8(12)13)5-3-2-4-6(9)7(10)11;;;;/h6H,2-5H2,1H3,(H,10,11)(H,12,13);;;;. The minimum Gasteiger partial charge on any atom is -0.481 e. The molecule has 5 heteroatoms. The van der Waals surface area contributed by atoms with Crippen molar-refractivity contribution < 1.29 is 19.8 Å². The van der Waals surface area contributed by atoms with E-state index >= 15 is 0 Å². The van der Waals surface area contributed by atoms with Crippen molar-refractivity contribution in [1.29, 1.82) is 0 Å². The first-order valence-electron chi connectivity index (χ1n) is 4.44. The first-order chi connectivity index (χ1) is 5.98. The molecule has 0 heterocycles. The maximum atomic E-state index is 10.9. The summed E-state index contributed by atoms with van der Waals surface area (Å²) in [6.45, 7) is 1.54. The van der Waals surface area contributed by atoms with Crippen molar-refractivity contribution in [3.63, 3.8) is 0 Å². The monoisotopic (exact) mass is 216 g/mol. The van der Waals surface area contributed by atoms with E-state index in [1.54, 1.807) is 0 Å². The molecule has 2 atom stereocenters. The molecule has 1 rings (SSSR count). The zero-order valence-corrected chi connectivity index (χ0v) is 7.62. The summed E-state index contributed by atoms with van der Waals surface area (Å²) in [5.41, 5.74) is -1.07. The lowest BCUT2D eigenvalue weighted by atomic mass is 9.67. The molecule has 0 aromatic rings. The Bertz CT molecular complexity index is 241. The van der Waals surface area contributed by atoms with Gasteiger partial charge in [-0.15, -0.1) is 0 Å². The van der Waals surface area contributed by atoms with Gasteiger partial charge in [0.05, 0.1) is 11.3 Å². The summed E-state index contributed by atoms with van der Waals surface area (Å²) >= 11 is 0. The van der Waals surface area contributed by atoms with E-state index < -0.39 is 23.3 Å².